The number of benzene rings is 2. The van der Waals surface area contributed by atoms with Crippen molar-refractivity contribution in [3.63, 3.8) is 0 Å². The molecule has 0 bridgehead atoms. The molecule has 0 radical (unpaired) electrons. The molecule has 0 aliphatic carbocycles. The maximum atomic E-state index is 12.4. The molecule has 0 atom stereocenters. The predicted octanol–water partition coefficient (Wildman–Crippen LogP) is 4.24. The average molecular weight is 416 g/mol. The number of thiophene rings is 1. The molecule has 4 rings (SSSR count). The number of hydrogen-bond donors (Lipinski definition) is 3. The van der Waals surface area contributed by atoms with Gasteiger partial charge in [0.2, 0.25) is 0 Å². The van der Waals surface area contributed by atoms with Gasteiger partial charge in [-0.1, -0.05) is 12.1 Å². The van der Waals surface area contributed by atoms with E-state index in [9.17, 15) is 9.90 Å². The molecule has 2 aromatic carbocycles. The zero-order chi connectivity index (χ0) is 19.1. The number of aryl methyl sites for hydroxylation is 1. The van der Waals surface area contributed by atoms with Gasteiger partial charge in [0.05, 0.1) is 5.52 Å². The third-order valence-corrected chi connectivity index (χ3v) is 5.86. The first-order valence-corrected chi connectivity index (χ1v) is 9.66. The van der Waals surface area contributed by atoms with Gasteiger partial charge >= 0.3 is 0 Å². The number of phenols is 1. The second-order valence-electron chi connectivity index (χ2n) is 6.71. The van der Waals surface area contributed by atoms with Gasteiger partial charge in [0.1, 0.15) is 10.4 Å². The van der Waals surface area contributed by atoms with Crippen LogP contribution in [-0.4, -0.2) is 30.2 Å². The van der Waals surface area contributed by atoms with Gasteiger partial charge in [-0.05, 0) is 47.7 Å². The summed E-state index contributed by atoms with van der Waals surface area (Å²) in [5.41, 5.74) is 9.86. The van der Waals surface area contributed by atoms with Crippen molar-refractivity contribution in [2.75, 3.05) is 25.0 Å². The van der Waals surface area contributed by atoms with Crippen LogP contribution in [0.15, 0.2) is 46.6 Å². The van der Waals surface area contributed by atoms with Crippen LogP contribution in [-0.2, 0) is 0 Å². The Morgan fingerprint density at radius 1 is 1.21 bits per heavy atom. The molecule has 2 aromatic heterocycles. The third-order valence-electron chi connectivity index (χ3n) is 4.94. The van der Waals surface area contributed by atoms with E-state index in [1.807, 2.05) is 49.7 Å². The summed E-state index contributed by atoms with van der Waals surface area (Å²) in [6, 6.07) is 11.7. The molecule has 2 heterocycles. The van der Waals surface area contributed by atoms with Crippen LogP contribution in [0.1, 0.15) is 5.56 Å². The maximum Gasteiger partial charge on any atom is 0.266 e. The van der Waals surface area contributed by atoms with Gasteiger partial charge in [-0.3, -0.25) is 4.79 Å². The van der Waals surface area contributed by atoms with Gasteiger partial charge in [-0.25, -0.2) is 0 Å². The minimum Gasteiger partial charge on any atom is -0.507 e. The van der Waals surface area contributed by atoms with E-state index >= 15 is 0 Å². The number of aromatic amines is 1. The Balaban J connectivity index is 0.00000225. The lowest BCUT2D eigenvalue weighted by Gasteiger charge is -2.19. The average Bonchev–Trinajstić information content (AvgIpc) is 3.14. The second kappa shape index (κ2) is 7.83. The van der Waals surface area contributed by atoms with E-state index in [2.05, 4.69) is 9.88 Å². The van der Waals surface area contributed by atoms with E-state index in [0.717, 1.165) is 45.2 Å². The van der Waals surface area contributed by atoms with Gasteiger partial charge in [-0.2, -0.15) is 0 Å². The Kier molecular flexibility index (Phi) is 5.65. The topological polar surface area (TPSA) is 82.3 Å². The highest BCUT2D eigenvalue weighted by Gasteiger charge is 2.17. The molecule has 0 aliphatic heterocycles. The zero-order valence-corrected chi connectivity index (χ0v) is 17.3. The van der Waals surface area contributed by atoms with Crippen molar-refractivity contribution < 1.29 is 5.11 Å². The Hall–Kier alpha value is -2.54. The Bertz CT molecular complexity index is 1200. The molecule has 4 N–H and O–H groups in total. The first-order chi connectivity index (χ1) is 13.0. The van der Waals surface area contributed by atoms with E-state index in [0.29, 0.717) is 11.2 Å². The fraction of sp³-hybridized carbons (Fsp3) is 0.190. The Labute approximate surface area is 172 Å². The predicted molar refractivity (Wildman–Crippen MR) is 121 cm³/mol. The van der Waals surface area contributed by atoms with E-state index < -0.39 is 0 Å². The molecular weight excluding hydrogens is 394 g/mol. The molecule has 7 heteroatoms. The zero-order valence-electron chi connectivity index (χ0n) is 15.7. The number of anilines is 1. The molecule has 28 heavy (non-hydrogen) atoms. The number of fused-ring (bicyclic) bond motifs is 3. The largest absolute Gasteiger partial charge is 0.507 e. The summed E-state index contributed by atoms with van der Waals surface area (Å²) in [6.45, 7) is 3.25. The molecule has 5 nitrogen and oxygen atoms in total. The van der Waals surface area contributed by atoms with Gasteiger partial charge in [-0.15, -0.1) is 23.7 Å². The quantitative estimate of drug-likeness (QED) is 0.465. The van der Waals surface area contributed by atoms with Crippen molar-refractivity contribution in [2.24, 2.45) is 5.73 Å². The maximum absolute atomic E-state index is 12.4. The molecular formula is C21H22ClN3O2S. The van der Waals surface area contributed by atoms with E-state index in [1.165, 1.54) is 11.3 Å². The van der Waals surface area contributed by atoms with E-state index in [1.54, 1.807) is 6.07 Å². The van der Waals surface area contributed by atoms with Crippen LogP contribution >= 0.6 is 23.7 Å². The van der Waals surface area contributed by atoms with Crippen LogP contribution in [0.5, 0.6) is 5.75 Å². The number of rotatable bonds is 4. The summed E-state index contributed by atoms with van der Waals surface area (Å²) in [5, 5.41) is 14.4. The molecule has 0 fully saturated rings. The van der Waals surface area contributed by atoms with Crippen molar-refractivity contribution in [1.82, 2.24) is 4.98 Å². The molecule has 0 aliphatic rings. The molecule has 4 aromatic rings. The number of nitrogens with zero attached hydrogens (tertiary/aromatic N) is 1. The highest BCUT2D eigenvalue weighted by molar-refractivity contribution is 7.17. The molecule has 0 saturated carbocycles. The summed E-state index contributed by atoms with van der Waals surface area (Å²) in [6.07, 6.45) is 0. The SMILES string of the molecule is Cc1cc(O)c(-c2ccc(N(C)CCN)cc2)c2c1[nH]c(=O)c1sccc12.Cl. The van der Waals surface area contributed by atoms with Crippen LogP contribution in [0.4, 0.5) is 5.69 Å². The minimum atomic E-state index is -0.0917. The number of aromatic hydroxyl groups is 1. The fourth-order valence-corrected chi connectivity index (χ4v) is 4.38. The Morgan fingerprint density at radius 3 is 2.61 bits per heavy atom. The van der Waals surface area contributed by atoms with Crippen molar-refractivity contribution in [2.45, 2.75) is 6.92 Å². The number of aromatic nitrogens is 1. The van der Waals surface area contributed by atoms with E-state index in [-0.39, 0.29) is 23.7 Å². The number of H-pyrrole nitrogens is 1. The summed E-state index contributed by atoms with van der Waals surface area (Å²) < 4.78 is 0.674. The van der Waals surface area contributed by atoms with Gasteiger partial charge in [0, 0.05) is 42.2 Å². The number of halogens is 1. The first-order valence-electron chi connectivity index (χ1n) is 8.78. The molecule has 0 unspecified atom stereocenters. The van der Waals surface area contributed by atoms with Crippen LogP contribution in [0, 0.1) is 6.92 Å². The third kappa shape index (κ3) is 3.24. The number of nitrogens with one attached hydrogen (secondary N) is 1. The lowest BCUT2D eigenvalue weighted by atomic mass is 9.95. The normalized spacial score (nSPS) is 11.0. The number of pyridine rings is 1. The fourth-order valence-electron chi connectivity index (χ4n) is 3.58. The van der Waals surface area contributed by atoms with Crippen molar-refractivity contribution >= 4 is 50.4 Å². The molecule has 146 valence electrons. The van der Waals surface area contributed by atoms with Crippen LogP contribution in [0.25, 0.3) is 32.1 Å². The first kappa shape index (κ1) is 20.2. The number of likely N-dealkylation sites (N-methyl/N-ethyl adjacent to an activating group) is 1. The van der Waals surface area contributed by atoms with Gasteiger partial charge in [0.15, 0.2) is 0 Å². The standard InChI is InChI=1S/C21H21N3O2S.ClH/c1-12-11-16(25)17(13-3-5-14(6-4-13)24(2)9-8-22)18-15-7-10-27-20(15)21(26)23-19(12)18;/h3-7,10-11,25H,8-9,22H2,1-2H3,(H,23,26);1H. The number of phenolic OH excluding ortho intramolecular Hbond substituents is 1. The number of hydrogen-bond acceptors (Lipinski definition) is 5. The lowest BCUT2D eigenvalue weighted by molar-refractivity contribution is 0.477. The summed E-state index contributed by atoms with van der Waals surface area (Å²) in [5.74, 6) is 0.211. The smallest absolute Gasteiger partial charge is 0.266 e. The highest BCUT2D eigenvalue weighted by atomic mass is 35.5. The molecule has 0 saturated heterocycles. The van der Waals surface area contributed by atoms with Gasteiger partial charge in [0.25, 0.3) is 5.56 Å². The number of nitrogens with two attached hydrogens (primary N) is 1. The minimum absolute atomic E-state index is 0. The van der Waals surface area contributed by atoms with Crippen LogP contribution in [0.2, 0.25) is 0 Å². The van der Waals surface area contributed by atoms with Crippen molar-refractivity contribution in [3.05, 3.63) is 57.7 Å². The highest BCUT2D eigenvalue weighted by Crippen LogP contribution is 2.41. The summed E-state index contributed by atoms with van der Waals surface area (Å²) in [7, 11) is 2.00. The van der Waals surface area contributed by atoms with Crippen molar-refractivity contribution in [3.8, 4) is 16.9 Å². The lowest BCUT2D eigenvalue weighted by Crippen LogP contribution is -2.24. The second-order valence-corrected chi connectivity index (χ2v) is 7.63. The van der Waals surface area contributed by atoms with Crippen LogP contribution in [0.3, 0.4) is 0 Å². The monoisotopic (exact) mass is 415 g/mol. The molecule has 0 spiro atoms. The summed E-state index contributed by atoms with van der Waals surface area (Å²) >= 11 is 1.41. The van der Waals surface area contributed by atoms with Crippen LogP contribution < -0.4 is 16.2 Å². The summed E-state index contributed by atoms with van der Waals surface area (Å²) in [4.78, 5) is 17.5. The molecule has 0 amide bonds. The van der Waals surface area contributed by atoms with E-state index in [4.69, 9.17) is 5.73 Å². The van der Waals surface area contributed by atoms with Crippen molar-refractivity contribution in [1.29, 1.82) is 0 Å². The Morgan fingerprint density at radius 2 is 1.93 bits per heavy atom. The van der Waals surface area contributed by atoms with Gasteiger partial charge < -0.3 is 20.7 Å².